The van der Waals surface area contributed by atoms with Gasteiger partial charge in [-0.1, -0.05) is 37.8 Å². The Kier molecular flexibility index (Phi) is 9.39. The van der Waals surface area contributed by atoms with Gasteiger partial charge in [0.25, 0.3) is 0 Å². The summed E-state index contributed by atoms with van der Waals surface area (Å²) >= 11 is 0. The van der Waals surface area contributed by atoms with E-state index in [2.05, 4.69) is 0 Å². The Balaban J connectivity index is 3.15. The Morgan fingerprint density at radius 3 is 1.94 bits per heavy atom. The van der Waals surface area contributed by atoms with E-state index in [-0.39, 0.29) is 6.61 Å². The highest BCUT2D eigenvalue weighted by molar-refractivity contribution is 4.83. The van der Waals surface area contributed by atoms with Crippen molar-refractivity contribution >= 4 is 0 Å². The van der Waals surface area contributed by atoms with Crippen molar-refractivity contribution in [1.29, 1.82) is 0 Å². The summed E-state index contributed by atoms with van der Waals surface area (Å²) in [5.74, 6) is 0. The zero-order valence-corrected chi connectivity index (χ0v) is 9.60. The summed E-state index contributed by atoms with van der Waals surface area (Å²) in [6, 6.07) is 0. The van der Waals surface area contributed by atoms with Crippen LogP contribution in [0.5, 0.6) is 0 Å². The lowest BCUT2D eigenvalue weighted by Crippen LogP contribution is -2.03. The van der Waals surface area contributed by atoms with E-state index in [1.807, 2.05) is 0 Å². The largest absolute Gasteiger partial charge is 0.396 e. The Morgan fingerprint density at radius 2 is 1.38 bits per heavy atom. The summed E-state index contributed by atoms with van der Waals surface area (Å²) in [6.07, 6.45) is 4.77. The van der Waals surface area contributed by atoms with E-state index in [0.717, 1.165) is 44.9 Å². The van der Waals surface area contributed by atoms with Gasteiger partial charge in [-0.25, -0.2) is 0 Å². The van der Waals surface area contributed by atoms with Crippen LogP contribution in [-0.4, -0.2) is 17.9 Å². The Hall–Kier alpha value is -0.510. The van der Waals surface area contributed by atoms with Crippen LogP contribution in [0.4, 0.5) is 13.2 Å². The first-order valence-corrected chi connectivity index (χ1v) is 5.89. The van der Waals surface area contributed by atoms with Gasteiger partial charge in [-0.3, -0.25) is 0 Å². The minimum atomic E-state index is -4.07. The molecule has 0 aliphatic carbocycles. The lowest BCUT2D eigenvalue weighted by molar-refractivity contribution is -0.125. The van der Waals surface area contributed by atoms with Gasteiger partial charge in [0, 0.05) is 6.61 Å². The average molecular weight is 238 g/mol. The molecule has 0 aliphatic heterocycles. The fourth-order valence-electron chi connectivity index (χ4n) is 1.42. The molecule has 0 rings (SSSR count). The molecule has 4 heteroatoms. The van der Waals surface area contributed by atoms with Gasteiger partial charge in [0.05, 0.1) is 6.42 Å². The maximum absolute atomic E-state index is 11.7. The first kappa shape index (κ1) is 15.5. The van der Waals surface area contributed by atoms with Crippen molar-refractivity contribution in [3.63, 3.8) is 0 Å². The molecule has 16 heavy (non-hydrogen) atoms. The van der Waals surface area contributed by atoms with Gasteiger partial charge in [-0.05, 0) is 19.3 Å². The number of aliphatic hydroxyl groups is 1. The van der Waals surface area contributed by atoms with Crippen molar-refractivity contribution in [2.45, 2.75) is 57.5 Å². The number of halogens is 3. The molecule has 0 aromatic heterocycles. The summed E-state index contributed by atoms with van der Waals surface area (Å²) < 4.78 is 35.2. The molecule has 0 unspecified atom stereocenters. The smallest absolute Gasteiger partial charge is 0.392 e. The van der Waals surface area contributed by atoms with E-state index < -0.39 is 12.6 Å². The second-order valence-electron chi connectivity index (χ2n) is 3.92. The molecule has 0 radical (unpaired) electrons. The normalized spacial score (nSPS) is 12.5. The fraction of sp³-hybridized carbons (Fsp3) is 0.833. The minimum Gasteiger partial charge on any atom is -0.396 e. The maximum atomic E-state index is 11.7. The lowest BCUT2D eigenvalue weighted by Gasteiger charge is -2.00. The van der Waals surface area contributed by atoms with Crippen LogP contribution >= 0.6 is 0 Å². The number of hydrogen-bond donors (Lipinski definition) is 1. The topological polar surface area (TPSA) is 20.2 Å². The second kappa shape index (κ2) is 9.70. The number of hydrogen-bond acceptors (Lipinski definition) is 1. The predicted molar refractivity (Wildman–Crippen MR) is 59.2 cm³/mol. The quantitative estimate of drug-likeness (QED) is 0.471. The van der Waals surface area contributed by atoms with Crippen molar-refractivity contribution in [1.82, 2.24) is 0 Å². The van der Waals surface area contributed by atoms with E-state index in [0.29, 0.717) is 0 Å². The number of allylic oxidation sites excluding steroid dienone is 2. The molecule has 1 nitrogen and oxygen atoms in total. The molecule has 96 valence electrons. The van der Waals surface area contributed by atoms with E-state index in [4.69, 9.17) is 5.11 Å². The zero-order valence-electron chi connectivity index (χ0n) is 9.60. The number of alkyl halides is 3. The highest BCUT2D eigenvalue weighted by Crippen LogP contribution is 2.19. The van der Waals surface area contributed by atoms with E-state index in [1.54, 1.807) is 6.08 Å². The van der Waals surface area contributed by atoms with Crippen molar-refractivity contribution < 1.29 is 18.3 Å². The lowest BCUT2D eigenvalue weighted by atomic mass is 10.1. The van der Waals surface area contributed by atoms with Crippen molar-refractivity contribution in [3.05, 3.63) is 12.2 Å². The molecule has 0 saturated carbocycles. The molecule has 0 heterocycles. The predicted octanol–water partition coefficient (Wildman–Crippen LogP) is 4.22. The Morgan fingerprint density at radius 1 is 0.812 bits per heavy atom. The third kappa shape index (κ3) is 13.5. The summed E-state index contributed by atoms with van der Waals surface area (Å²) in [6.45, 7) is 0.250. The molecular weight excluding hydrogens is 217 g/mol. The molecule has 0 fully saturated rings. The number of rotatable bonds is 9. The Labute approximate surface area is 95.4 Å². The molecule has 0 aromatic carbocycles. The highest BCUT2D eigenvalue weighted by atomic mass is 19.4. The van der Waals surface area contributed by atoms with Gasteiger partial charge in [-0.2, -0.15) is 13.2 Å². The number of unbranched alkanes of at least 4 members (excludes halogenated alkanes) is 6. The van der Waals surface area contributed by atoms with Crippen LogP contribution in [-0.2, 0) is 0 Å². The molecule has 0 aliphatic rings. The molecule has 0 saturated heterocycles. The van der Waals surface area contributed by atoms with Crippen LogP contribution in [0.25, 0.3) is 0 Å². The van der Waals surface area contributed by atoms with Crippen LogP contribution in [0.1, 0.15) is 51.4 Å². The third-order valence-electron chi connectivity index (χ3n) is 2.29. The molecule has 0 aromatic rings. The number of aliphatic hydroxyl groups excluding tert-OH is 1. The van der Waals surface area contributed by atoms with Crippen molar-refractivity contribution in [2.75, 3.05) is 6.61 Å². The van der Waals surface area contributed by atoms with Crippen LogP contribution in [0.2, 0.25) is 0 Å². The highest BCUT2D eigenvalue weighted by Gasteiger charge is 2.24. The van der Waals surface area contributed by atoms with Crippen molar-refractivity contribution in [2.24, 2.45) is 0 Å². The Bertz CT molecular complexity index is 176. The summed E-state index contributed by atoms with van der Waals surface area (Å²) in [7, 11) is 0. The molecule has 0 bridgehead atoms. The fourth-order valence-corrected chi connectivity index (χ4v) is 1.42. The molecule has 1 N–H and O–H groups in total. The molecule has 0 atom stereocenters. The third-order valence-corrected chi connectivity index (χ3v) is 2.29. The van der Waals surface area contributed by atoms with Crippen LogP contribution in [0.15, 0.2) is 12.2 Å². The van der Waals surface area contributed by atoms with Gasteiger partial charge < -0.3 is 5.11 Å². The van der Waals surface area contributed by atoms with Crippen LogP contribution in [0.3, 0.4) is 0 Å². The first-order valence-electron chi connectivity index (χ1n) is 5.89. The average Bonchev–Trinajstić information content (AvgIpc) is 2.19. The van der Waals surface area contributed by atoms with Crippen molar-refractivity contribution in [3.8, 4) is 0 Å². The maximum Gasteiger partial charge on any atom is 0.392 e. The van der Waals surface area contributed by atoms with Gasteiger partial charge in [0.1, 0.15) is 0 Å². The van der Waals surface area contributed by atoms with Gasteiger partial charge >= 0.3 is 6.18 Å². The monoisotopic (exact) mass is 238 g/mol. The first-order chi connectivity index (χ1) is 7.56. The minimum absolute atomic E-state index is 0.250. The summed E-state index contributed by atoms with van der Waals surface area (Å²) in [4.78, 5) is 0. The molecular formula is C12H21F3O. The van der Waals surface area contributed by atoms with Crippen LogP contribution in [0, 0.1) is 0 Å². The van der Waals surface area contributed by atoms with E-state index >= 15 is 0 Å². The van der Waals surface area contributed by atoms with E-state index in [1.165, 1.54) is 6.08 Å². The molecule has 0 amide bonds. The molecule has 0 spiro atoms. The van der Waals surface area contributed by atoms with Gasteiger partial charge in [0.15, 0.2) is 0 Å². The van der Waals surface area contributed by atoms with Crippen LogP contribution < -0.4 is 0 Å². The summed E-state index contributed by atoms with van der Waals surface area (Å²) in [5.41, 5.74) is 0. The van der Waals surface area contributed by atoms with Gasteiger partial charge in [-0.15, -0.1) is 0 Å². The van der Waals surface area contributed by atoms with E-state index in [9.17, 15) is 13.2 Å². The standard InChI is InChI=1S/C12H21F3O/c13-12(14,15)10-8-6-4-2-1-3-5-7-9-11-16/h6,8,16H,1-5,7,9-11H2/b8-6+. The second-order valence-corrected chi connectivity index (χ2v) is 3.92. The zero-order chi connectivity index (χ0) is 12.3. The summed E-state index contributed by atoms with van der Waals surface area (Å²) in [5, 5.41) is 8.53. The SMILES string of the molecule is OCCCCCCCC/C=C/CC(F)(F)F. The van der Waals surface area contributed by atoms with Gasteiger partial charge in [0.2, 0.25) is 0 Å².